The van der Waals surface area contributed by atoms with Gasteiger partial charge in [0.25, 0.3) is 5.91 Å². The van der Waals surface area contributed by atoms with Crippen molar-refractivity contribution in [3.63, 3.8) is 0 Å². The molecule has 3 heterocycles. The van der Waals surface area contributed by atoms with E-state index in [9.17, 15) is 10.1 Å². The molecule has 4 rings (SSSR count). The number of carbonyl (C=O) groups excluding carboxylic acids is 1. The predicted molar refractivity (Wildman–Crippen MR) is 103 cm³/mol. The van der Waals surface area contributed by atoms with Crippen molar-refractivity contribution in [3.05, 3.63) is 47.7 Å². The van der Waals surface area contributed by atoms with Gasteiger partial charge in [0, 0.05) is 25.0 Å². The highest BCUT2D eigenvalue weighted by molar-refractivity contribution is 5.99. The van der Waals surface area contributed by atoms with Crippen LogP contribution in [0.25, 0.3) is 10.9 Å². The number of rotatable bonds is 3. The van der Waals surface area contributed by atoms with Crippen molar-refractivity contribution >= 4 is 28.4 Å². The minimum absolute atomic E-state index is 0.00211. The van der Waals surface area contributed by atoms with Crippen LogP contribution in [0.15, 0.2) is 36.4 Å². The summed E-state index contributed by atoms with van der Waals surface area (Å²) in [5, 5.41) is 17.8. The van der Waals surface area contributed by atoms with Gasteiger partial charge in [0.05, 0.1) is 22.8 Å². The number of nitriles is 1. The molecule has 1 aromatic carbocycles. The summed E-state index contributed by atoms with van der Waals surface area (Å²) in [5.74, 6) is 1.34. The van der Waals surface area contributed by atoms with Gasteiger partial charge >= 0.3 is 0 Å². The number of aromatic nitrogens is 3. The summed E-state index contributed by atoms with van der Waals surface area (Å²) < 4.78 is 1.73. The minimum Gasteiger partial charge on any atom is -0.358 e. The number of anilines is 2. The third kappa shape index (κ3) is 3.10. The third-order valence-electron chi connectivity index (χ3n) is 4.85. The first-order valence-electron chi connectivity index (χ1n) is 8.95. The smallest absolute Gasteiger partial charge is 0.250 e. The molecule has 0 aliphatic carbocycles. The van der Waals surface area contributed by atoms with Crippen LogP contribution in [0.5, 0.6) is 0 Å². The first-order chi connectivity index (χ1) is 13.1. The number of carbonyl (C=O) groups is 1. The van der Waals surface area contributed by atoms with Gasteiger partial charge in [-0.25, -0.2) is 4.98 Å². The number of benzene rings is 1. The number of para-hydroxylation sites is 1. The van der Waals surface area contributed by atoms with E-state index in [0.717, 1.165) is 35.3 Å². The molecule has 1 unspecified atom stereocenters. The SMILES string of the molecule is Cc1cc(N2CCCC(Nc3cc(C#N)c4ccccc4n3)C2=O)n(C)n1. The molecule has 0 spiro atoms. The highest BCUT2D eigenvalue weighted by Crippen LogP contribution is 2.25. The second-order valence-corrected chi connectivity index (χ2v) is 6.78. The van der Waals surface area contributed by atoms with Crippen molar-refractivity contribution in [2.75, 3.05) is 16.8 Å². The van der Waals surface area contributed by atoms with E-state index in [2.05, 4.69) is 21.5 Å². The van der Waals surface area contributed by atoms with Gasteiger partial charge in [-0.2, -0.15) is 10.4 Å². The highest BCUT2D eigenvalue weighted by atomic mass is 16.2. The molecule has 1 fully saturated rings. The molecule has 7 heteroatoms. The summed E-state index contributed by atoms with van der Waals surface area (Å²) in [6.45, 7) is 2.58. The number of aryl methyl sites for hydroxylation is 2. The third-order valence-corrected chi connectivity index (χ3v) is 4.85. The number of piperidine rings is 1. The molecule has 2 aromatic heterocycles. The van der Waals surface area contributed by atoms with Crippen molar-refractivity contribution in [1.82, 2.24) is 14.8 Å². The van der Waals surface area contributed by atoms with Crippen LogP contribution in [-0.4, -0.2) is 33.3 Å². The van der Waals surface area contributed by atoms with Crippen molar-refractivity contribution in [3.8, 4) is 6.07 Å². The van der Waals surface area contributed by atoms with Gasteiger partial charge in [-0.05, 0) is 31.9 Å². The molecule has 1 aliphatic heterocycles. The Labute approximate surface area is 157 Å². The number of hydrogen-bond acceptors (Lipinski definition) is 5. The monoisotopic (exact) mass is 360 g/mol. The maximum absolute atomic E-state index is 13.0. The van der Waals surface area contributed by atoms with Crippen molar-refractivity contribution < 1.29 is 4.79 Å². The molecular formula is C20H20N6O. The molecular weight excluding hydrogens is 340 g/mol. The summed E-state index contributed by atoms with van der Waals surface area (Å²) in [5.41, 5.74) is 2.16. The number of nitrogens with zero attached hydrogens (tertiary/aromatic N) is 5. The predicted octanol–water partition coefficient (Wildman–Crippen LogP) is 2.76. The van der Waals surface area contributed by atoms with Crippen LogP contribution in [-0.2, 0) is 11.8 Å². The Morgan fingerprint density at radius 3 is 2.85 bits per heavy atom. The summed E-state index contributed by atoms with van der Waals surface area (Å²) in [6, 6.07) is 13.0. The summed E-state index contributed by atoms with van der Waals surface area (Å²) >= 11 is 0. The van der Waals surface area contributed by atoms with Gasteiger partial charge in [0.15, 0.2) is 0 Å². The molecule has 0 radical (unpaired) electrons. The number of hydrogen-bond donors (Lipinski definition) is 1. The Hall–Kier alpha value is -3.40. The molecule has 3 aromatic rings. The van der Waals surface area contributed by atoms with Gasteiger partial charge in [-0.1, -0.05) is 18.2 Å². The van der Waals surface area contributed by atoms with Gasteiger partial charge in [-0.3, -0.25) is 14.4 Å². The molecule has 27 heavy (non-hydrogen) atoms. The second kappa shape index (κ2) is 6.72. The fourth-order valence-corrected chi connectivity index (χ4v) is 3.61. The van der Waals surface area contributed by atoms with E-state index < -0.39 is 0 Å². The van der Waals surface area contributed by atoms with E-state index in [1.54, 1.807) is 15.6 Å². The second-order valence-electron chi connectivity index (χ2n) is 6.78. The maximum Gasteiger partial charge on any atom is 0.250 e. The summed E-state index contributed by atoms with van der Waals surface area (Å²) in [4.78, 5) is 19.4. The molecule has 136 valence electrons. The van der Waals surface area contributed by atoms with Crippen LogP contribution < -0.4 is 10.2 Å². The van der Waals surface area contributed by atoms with Crippen LogP contribution >= 0.6 is 0 Å². The molecule has 1 aliphatic rings. The minimum atomic E-state index is -0.380. The van der Waals surface area contributed by atoms with Crippen molar-refractivity contribution in [2.45, 2.75) is 25.8 Å². The maximum atomic E-state index is 13.0. The normalized spacial score (nSPS) is 17.1. The fraction of sp³-hybridized carbons (Fsp3) is 0.300. The summed E-state index contributed by atoms with van der Waals surface area (Å²) in [7, 11) is 1.84. The van der Waals surface area contributed by atoms with E-state index in [1.807, 2.05) is 44.3 Å². The average molecular weight is 360 g/mol. The van der Waals surface area contributed by atoms with Crippen LogP contribution in [0.1, 0.15) is 24.1 Å². The quantitative estimate of drug-likeness (QED) is 0.776. The number of fused-ring (bicyclic) bond motifs is 1. The molecule has 1 atom stereocenters. The zero-order valence-corrected chi connectivity index (χ0v) is 15.3. The van der Waals surface area contributed by atoms with Crippen molar-refractivity contribution in [2.24, 2.45) is 7.05 Å². The van der Waals surface area contributed by atoms with E-state index in [-0.39, 0.29) is 11.9 Å². The lowest BCUT2D eigenvalue weighted by Gasteiger charge is -2.32. The number of pyridine rings is 1. The molecule has 1 saturated heterocycles. The zero-order valence-electron chi connectivity index (χ0n) is 15.3. The molecule has 0 saturated carbocycles. The van der Waals surface area contributed by atoms with Crippen molar-refractivity contribution in [1.29, 1.82) is 5.26 Å². The Bertz CT molecular complexity index is 1060. The van der Waals surface area contributed by atoms with Gasteiger partial charge in [-0.15, -0.1) is 0 Å². The fourth-order valence-electron chi connectivity index (χ4n) is 3.61. The largest absolute Gasteiger partial charge is 0.358 e. The number of nitrogens with one attached hydrogen (secondary N) is 1. The molecule has 1 N–H and O–H groups in total. The lowest BCUT2D eigenvalue weighted by Crippen LogP contribution is -2.48. The van der Waals surface area contributed by atoms with Gasteiger partial charge in [0.2, 0.25) is 0 Å². The van der Waals surface area contributed by atoms with E-state index in [0.29, 0.717) is 17.9 Å². The van der Waals surface area contributed by atoms with Crippen LogP contribution in [0.4, 0.5) is 11.6 Å². The Kier molecular flexibility index (Phi) is 4.24. The number of amides is 1. The molecule has 1 amide bonds. The van der Waals surface area contributed by atoms with Gasteiger partial charge < -0.3 is 5.32 Å². The average Bonchev–Trinajstić information content (AvgIpc) is 3.00. The first-order valence-corrected chi connectivity index (χ1v) is 8.95. The van der Waals surface area contributed by atoms with Crippen LogP contribution in [0.3, 0.4) is 0 Å². The highest BCUT2D eigenvalue weighted by Gasteiger charge is 2.31. The van der Waals surface area contributed by atoms with E-state index in [1.165, 1.54) is 0 Å². The van der Waals surface area contributed by atoms with Gasteiger partial charge in [0.1, 0.15) is 17.7 Å². The summed E-state index contributed by atoms with van der Waals surface area (Å²) in [6.07, 6.45) is 1.61. The first kappa shape index (κ1) is 17.0. The topological polar surface area (TPSA) is 86.8 Å². The Balaban J connectivity index is 1.63. The molecule has 0 bridgehead atoms. The molecule has 7 nitrogen and oxygen atoms in total. The van der Waals surface area contributed by atoms with E-state index >= 15 is 0 Å². The lowest BCUT2D eigenvalue weighted by atomic mass is 10.0. The van der Waals surface area contributed by atoms with Crippen LogP contribution in [0.2, 0.25) is 0 Å². The zero-order chi connectivity index (χ0) is 19.0. The lowest BCUT2D eigenvalue weighted by molar-refractivity contribution is -0.120. The standard InChI is InChI=1S/C20H20N6O/c1-13-10-19(25(2)24-13)26-9-5-8-17(20(26)27)23-18-11-14(12-21)15-6-3-4-7-16(15)22-18/h3-4,6-7,10-11,17H,5,8-9H2,1-2H3,(H,22,23). The van der Waals surface area contributed by atoms with Crippen LogP contribution in [0, 0.1) is 18.3 Å². The van der Waals surface area contributed by atoms with E-state index in [4.69, 9.17) is 0 Å². The Morgan fingerprint density at radius 1 is 1.30 bits per heavy atom. The Morgan fingerprint density at radius 2 is 2.11 bits per heavy atom.